The van der Waals surface area contributed by atoms with Gasteiger partial charge < -0.3 is 10.0 Å². The van der Waals surface area contributed by atoms with Gasteiger partial charge in [-0.25, -0.2) is 4.98 Å². The first kappa shape index (κ1) is 20.0. The van der Waals surface area contributed by atoms with Gasteiger partial charge in [-0.2, -0.15) is 0 Å². The van der Waals surface area contributed by atoms with Crippen LogP contribution in [0.1, 0.15) is 50.3 Å². The first-order valence-corrected chi connectivity index (χ1v) is 11.0. The Morgan fingerprint density at radius 2 is 1.96 bits per heavy atom. The quantitative estimate of drug-likeness (QED) is 0.638. The van der Waals surface area contributed by atoms with E-state index in [0.29, 0.717) is 21.2 Å². The molecule has 2 fully saturated rings. The maximum absolute atomic E-state index is 10.0. The van der Waals surface area contributed by atoms with Crippen molar-refractivity contribution in [2.45, 2.75) is 52.6 Å². The van der Waals surface area contributed by atoms with E-state index in [9.17, 15) is 5.11 Å². The van der Waals surface area contributed by atoms with Gasteiger partial charge in [-0.3, -0.25) is 0 Å². The fraction of sp³-hybridized carbons (Fsp3) is 0.522. The average molecular weight is 419 g/mol. The number of aryl methyl sites for hydroxylation is 1. The van der Waals surface area contributed by atoms with Crippen LogP contribution in [0.25, 0.3) is 11.3 Å². The summed E-state index contributed by atoms with van der Waals surface area (Å²) in [4.78, 5) is 7.22. The summed E-state index contributed by atoms with van der Waals surface area (Å²) in [6, 6.07) is 7.74. The third-order valence-electron chi connectivity index (χ3n) is 7.08. The Hall–Kier alpha value is -1.29. The lowest BCUT2D eigenvalue weighted by Crippen LogP contribution is -2.41. The molecule has 1 spiro atoms. The molecule has 5 heteroatoms. The molecule has 1 saturated heterocycles. The molecule has 1 N–H and O–H groups in total. The highest BCUT2D eigenvalue weighted by atomic mass is 35.5. The number of aromatic nitrogens is 1. The molecule has 28 heavy (non-hydrogen) atoms. The number of benzene rings is 1. The molecule has 0 bridgehead atoms. The van der Waals surface area contributed by atoms with Crippen molar-refractivity contribution in [2.24, 2.45) is 11.3 Å². The van der Waals surface area contributed by atoms with Gasteiger partial charge in [0.2, 0.25) is 0 Å². The molecule has 1 aromatic heterocycles. The zero-order chi connectivity index (χ0) is 19.9. The Labute approximate surface area is 177 Å². The van der Waals surface area contributed by atoms with Gasteiger partial charge in [0.05, 0.1) is 33.7 Å². The minimum absolute atomic E-state index is 0.0845. The molecule has 1 aliphatic carbocycles. The fourth-order valence-electron chi connectivity index (χ4n) is 5.24. The standard InChI is InChI=1S/C23H28Cl2N2O/c1-15-13-20(27-11-9-23(10-12-27)8-4-5-16(23)2)19(14-28)26-22(15)17-6-3-7-18(24)21(17)25/h3,6-7,13,16,28H,4-5,8-12,14H2,1-2H3/t16-/m1/s1. The van der Waals surface area contributed by atoms with Gasteiger partial charge in [0.15, 0.2) is 0 Å². The van der Waals surface area contributed by atoms with Crippen LogP contribution in [-0.4, -0.2) is 23.2 Å². The number of piperidine rings is 1. The second kappa shape index (κ2) is 7.85. The van der Waals surface area contributed by atoms with Gasteiger partial charge in [0, 0.05) is 18.7 Å². The lowest BCUT2D eigenvalue weighted by atomic mass is 9.71. The SMILES string of the molecule is Cc1cc(N2CCC3(CCC[C@H]3C)CC2)c(CO)nc1-c1cccc(Cl)c1Cl. The van der Waals surface area contributed by atoms with E-state index in [0.717, 1.165) is 41.5 Å². The normalized spacial score (nSPS) is 21.5. The van der Waals surface area contributed by atoms with Crippen molar-refractivity contribution in [1.29, 1.82) is 0 Å². The molecule has 1 saturated carbocycles. The van der Waals surface area contributed by atoms with E-state index in [-0.39, 0.29) is 6.61 Å². The molecule has 4 rings (SSSR count). The highest BCUT2D eigenvalue weighted by Gasteiger charge is 2.42. The molecule has 2 heterocycles. The van der Waals surface area contributed by atoms with E-state index in [4.69, 9.17) is 28.2 Å². The van der Waals surface area contributed by atoms with Gasteiger partial charge in [0.1, 0.15) is 0 Å². The molecule has 1 atom stereocenters. The number of hydrogen-bond acceptors (Lipinski definition) is 3. The van der Waals surface area contributed by atoms with Crippen molar-refractivity contribution in [3.8, 4) is 11.3 Å². The summed E-state index contributed by atoms with van der Waals surface area (Å²) in [7, 11) is 0. The highest BCUT2D eigenvalue weighted by molar-refractivity contribution is 6.43. The predicted octanol–water partition coefficient (Wildman–Crippen LogP) is 6.26. The van der Waals surface area contributed by atoms with Crippen LogP contribution in [-0.2, 0) is 6.61 Å². The monoisotopic (exact) mass is 418 g/mol. The molecule has 0 radical (unpaired) electrons. The van der Waals surface area contributed by atoms with E-state index in [2.05, 4.69) is 24.8 Å². The molecular formula is C23H28Cl2N2O. The number of hydrogen-bond donors (Lipinski definition) is 1. The second-order valence-corrected chi connectivity index (χ2v) is 9.31. The highest BCUT2D eigenvalue weighted by Crippen LogP contribution is 2.50. The molecule has 150 valence electrons. The molecule has 0 amide bonds. The average Bonchev–Trinajstić information content (AvgIpc) is 3.04. The summed E-state index contributed by atoms with van der Waals surface area (Å²) >= 11 is 12.6. The molecule has 0 unspecified atom stereocenters. The summed E-state index contributed by atoms with van der Waals surface area (Å²) in [5.41, 5.74) is 4.95. The van der Waals surface area contributed by atoms with E-state index in [1.807, 2.05) is 12.1 Å². The maximum atomic E-state index is 10.0. The summed E-state index contributed by atoms with van der Waals surface area (Å²) in [6.45, 7) is 6.47. The zero-order valence-electron chi connectivity index (χ0n) is 16.6. The van der Waals surface area contributed by atoms with Crippen molar-refractivity contribution in [2.75, 3.05) is 18.0 Å². The van der Waals surface area contributed by atoms with Gasteiger partial charge in [-0.15, -0.1) is 0 Å². The molecule has 3 nitrogen and oxygen atoms in total. The van der Waals surface area contributed by atoms with Crippen LogP contribution in [0.3, 0.4) is 0 Å². The number of nitrogens with zero attached hydrogens (tertiary/aromatic N) is 2. The van der Waals surface area contributed by atoms with Crippen LogP contribution in [0.4, 0.5) is 5.69 Å². The van der Waals surface area contributed by atoms with Crippen LogP contribution >= 0.6 is 23.2 Å². The van der Waals surface area contributed by atoms with Gasteiger partial charge in [-0.1, -0.05) is 55.1 Å². The van der Waals surface area contributed by atoms with Gasteiger partial charge in [0.25, 0.3) is 0 Å². The van der Waals surface area contributed by atoms with Crippen LogP contribution < -0.4 is 4.90 Å². The third kappa shape index (κ3) is 3.42. The third-order valence-corrected chi connectivity index (χ3v) is 7.90. The van der Waals surface area contributed by atoms with Crippen LogP contribution in [0.15, 0.2) is 24.3 Å². The molecular weight excluding hydrogens is 391 g/mol. The Morgan fingerprint density at radius 3 is 2.61 bits per heavy atom. The summed E-state index contributed by atoms with van der Waals surface area (Å²) < 4.78 is 0. The van der Waals surface area contributed by atoms with Crippen molar-refractivity contribution < 1.29 is 5.11 Å². The Bertz CT molecular complexity index is 875. The Balaban J connectivity index is 1.64. The van der Waals surface area contributed by atoms with Crippen molar-refractivity contribution in [1.82, 2.24) is 4.98 Å². The van der Waals surface area contributed by atoms with Gasteiger partial charge in [-0.05, 0) is 55.2 Å². The van der Waals surface area contributed by atoms with E-state index >= 15 is 0 Å². The first-order chi connectivity index (χ1) is 13.4. The fourth-order valence-corrected chi connectivity index (χ4v) is 5.63. The smallest absolute Gasteiger partial charge is 0.0898 e. The summed E-state index contributed by atoms with van der Waals surface area (Å²) in [5.74, 6) is 0.833. The maximum Gasteiger partial charge on any atom is 0.0898 e. The number of aliphatic hydroxyl groups is 1. The van der Waals surface area contributed by atoms with E-state index in [1.165, 1.54) is 32.1 Å². The Morgan fingerprint density at radius 1 is 1.21 bits per heavy atom. The Kier molecular flexibility index (Phi) is 5.61. The predicted molar refractivity (Wildman–Crippen MR) is 117 cm³/mol. The van der Waals surface area contributed by atoms with Crippen LogP contribution in [0, 0.1) is 18.3 Å². The van der Waals surface area contributed by atoms with E-state index < -0.39 is 0 Å². The molecule has 1 aromatic carbocycles. The zero-order valence-corrected chi connectivity index (χ0v) is 18.2. The number of halogens is 2. The minimum atomic E-state index is -0.0845. The van der Waals surface area contributed by atoms with Crippen LogP contribution in [0.5, 0.6) is 0 Å². The van der Waals surface area contributed by atoms with Crippen LogP contribution in [0.2, 0.25) is 10.0 Å². The largest absolute Gasteiger partial charge is 0.390 e. The molecule has 2 aliphatic rings. The lowest BCUT2D eigenvalue weighted by Gasteiger charge is -2.43. The number of pyridine rings is 1. The van der Waals surface area contributed by atoms with Crippen molar-refractivity contribution in [3.05, 3.63) is 45.6 Å². The number of aliphatic hydroxyl groups excluding tert-OH is 1. The van der Waals surface area contributed by atoms with Crippen molar-refractivity contribution in [3.63, 3.8) is 0 Å². The summed E-state index contributed by atoms with van der Waals surface area (Å²) in [6.07, 6.45) is 6.59. The number of anilines is 1. The van der Waals surface area contributed by atoms with E-state index in [1.54, 1.807) is 6.07 Å². The first-order valence-electron chi connectivity index (χ1n) is 10.3. The molecule has 2 aromatic rings. The molecule has 1 aliphatic heterocycles. The summed E-state index contributed by atoms with van der Waals surface area (Å²) in [5, 5.41) is 11.1. The second-order valence-electron chi connectivity index (χ2n) is 8.52. The topological polar surface area (TPSA) is 36.4 Å². The minimum Gasteiger partial charge on any atom is -0.390 e. The number of rotatable bonds is 3. The lowest BCUT2D eigenvalue weighted by molar-refractivity contribution is 0.161. The van der Waals surface area contributed by atoms with Gasteiger partial charge >= 0.3 is 0 Å². The van der Waals surface area contributed by atoms with Crippen molar-refractivity contribution >= 4 is 28.9 Å².